The molecule has 2 heterocycles. The van der Waals surface area contributed by atoms with Gasteiger partial charge in [0.25, 0.3) is 5.91 Å². The van der Waals surface area contributed by atoms with Gasteiger partial charge in [-0.25, -0.2) is 0 Å². The minimum absolute atomic E-state index is 0. The van der Waals surface area contributed by atoms with Crippen LogP contribution in [0.1, 0.15) is 24.0 Å². The largest absolute Gasteiger partial charge is 0.364 e. The molecule has 1 aromatic rings. The van der Waals surface area contributed by atoms with Crippen LogP contribution in [0.25, 0.3) is 0 Å². The van der Waals surface area contributed by atoms with Crippen LogP contribution in [0.2, 0.25) is 0 Å². The minimum atomic E-state index is -0.284. The number of carbonyl (C=O) groups excluding carboxylic acids is 1. The number of fused-ring (bicyclic) bond motifs is 1. The van der Waals surface area contributed by atoms with E-state index in [1.165, 1.54) is 11.1 Å². The maximum atomic E-state index is 12.3. The highest BCUT2D eigenvalue weighted by Gasteiger charge is 2.34. The fourth-order valence-corrected chi connectivity index (χ4v) is 2.75. The molecule has 0 aliphatic carbocycles. The Labute approximate surface area is 119 Å². The van der Waals surface area contributed by atoms with Crippen molar-refractivity contribution in [2.75, 3.05) is 6.54 Å². The van der Waals surface area contributed by atoms with Crippen molar-refractivity contribution in [3.8, 4) is 0 Å². The predicted molar refractivity (Wildman–Crippen MR) is 74.9 cm³/mol. The van der Waals surface area contributed by atoms with Gasteiger partial charge in [0.2, 0.25) is 0 Å². The Hall–Kier alpha value is -1.10. The first-order valence-corrected chi connectivity index (χ1v) is 6.49. The van der Waals surface area contributed by atoms with E-state index in [2.05, 4.69) is 12.1 Å². The van der Waals surface area contributed by atoms with Crippen molar-refractivity contribution in [1.29, 1.82) is 0 Å². The van der Waals surface area contributed by atoms with E-state index in [-0.39, 0.29) is 30.5 Å². The second kappa shape index (κ2) is 5.90. The van der Waals surface area contributed by atoms with Crippen LogP contribution in [-0.4, -0.2) is 29.6 Å². The van der Waals surface area contributed by atoms with Gasteiger partial charge in [0, 0.05) is 19.6 Å². The standard InChI is InChI=1S/C14H18N2O2.ClH/c15-7-12-5-6-13(18-12)14(17)16-8-10-3-1-2-4-11(10)9-16;/h1-4,12-13H,5-9,15H2;1H/t12-,13+;/m1./s1. The SMILES string of the molecule is Cl.NC[C@H]1CC[C@@H](C(=O)N2Cc3ccccc3C2)O1. The van der Waals surface area contributed by atoms with Gasteiger partial charge in [-0.3, -0.25) is 4.79 Å². The lowest BCUT2D eigenvalue weighted by atomic mass is 10.1. The number of carbonyl (C=O) groups is 1. The van der Waals surface area contributed by atoms with E-state index in [0.717, 1.165) is 12.8 Å². The molecule has 0 unspecified atom stereocenters. The Kier molecular flexibility index (Phi) is 4.45. The Bertz CT molecular complexity index is 442. The van der Waals surface area contributed by atoms with Crippen molar-refractivity contribution in [2.24, 2.45) is 5.73 Å². The number of amides is 1. The zero-order valence-corrected chi connectivity index (χ0v) is 11.6. The molecular weight excluding hydrogens is 264 g/mol. The summed E-state index contributed by atoms with van der Waals surface area (Å²) in [6.45, 7) is 1.92. The van der Waals surface area contributed by atoms with Crippen LogP contribution in [0.4, 0.5) is 0 Å². The van der Waals surface area contributed by atoms with Gasteiger partial charge in [-0.2, -0.15) is 0 Å². The molecule has 3 rings (SSSR count). The Morgan fingerprint density at radius 3 is 2.42 bits per heavy atom. The second-order valence-electron chi connectivity index (χ2n) is 5.02. The summed E-state index contributed by atoms with van der Waals surface area (Å²) in [5.74, 6) is 0.113. The van der Waals surface area contributed by atoms with Gasteiger partial charge >= 0.3 is 0 Å². The summed E-state index contributed by atoms with van der Waals surface area (Å²) < 4.78 is 5.67. The number of hydrogen-bond acceptors (Lipinski definition) is 3. The molecular formula is C14H19ClN2O2. The van der Waals surface area contributed by atoms with E-state index in [1.807, 2.05) is 17.0 Å². The quantitative estimate of drug-likeness (QED) is 0.893. The molecule has 2 atom stereocenters. The smallest absolute Gasteiger partial charge is 0.252 e. The number of rotatable bonds is 2. The first-order valence-electron chi connectivity index (χ1n) is 6.49. The molecule has 0 saturated carbocycles. The zero-order valence-electron chi connectivity index (χ0n) is 10.7. The molecule has 1 fully saturated rings. The highest BCUT2D eigenvalue weighted by atomic mass is 35.5. The monoisotopic (exact) mass is 282 g/mol. The predicted octanol–water partition coefficient (Wildman–Crippen LogP) is 1.46. The van der Waals surface area contributed by atoms with Gasteiger partial charge in [-0.05, 0) is 24.0 Å². The van der Waals surface area contributed by atoms with E-state index in [9.17, 15) is 4.79 Å². The van der Waals surface area contributed by atoms with Gasteiger partial charge in [-0.15, -0.1) is 12.4 Å². The van der Waals surface area contributed by atoms with Crippen molar-refractivity contribution in [3.63, 3.8) is 0 Å². The minimum Gasteiger partial charge on any atom is -0.364 e. The zero-order chi connectivity index (χ0) is 12.5. The molecule has 2 N–H and O–H groups in total. The highest BCUT2D eigenvalue weighted by Crippen LogP contribution is 2.26. The van der Waals surface area contributed by atoms with Crippen molar-refractivity contribution in [1.82, 2.24) is 4.90 Å². The average molecular weight is 283 g/mol. The number of benzene rings is 1. The average Bonchev–Trinajstić information content (AvgIpc) is 3.04. The van der Waals surface area contributed by atoms with Crippen molar-refractivity contribution < 1.29 is 9.53 Å². The summed E-state index contributed by atoms with van der Waals surface area (Å²) in [7, 11) is 0. The molecule has 1 aromatic carbocycles. The van der Waals surface area contributed by atoms with E-state index in [1.54, 1.807) is 0 Å². The Morgan fingerprint density at radius 1 is 1.26 bits per heavy atom. The van der Waals surface area contributed by atoms with Crippen LogP contribution in [-0.2, 0) is 22.6 Å². The summed E-state index contributed by atoms with van der Waals surface area (Å²) in [5, 5.41) is 0. The van der Waals surface area contributed by atoms with E-state index < -0.39 is 0 Å². The third-order valence-electron chi connectivity index (χ3n) is 3.80. The highest BCUT2D eigenvalue weighted by molar-refractivity contribution is 5.85. The van der Waals surface area contributed by atoms with Crippen LogP contribution in [0.3, 0.4) is 0 Å². The van der Waals surface area contributed by atoms with Crippen LogP contribution in [0.15, 0.2) is 24.3 Å². The number of nitrogens with zero attached hydrogens (tertiary/aromatic N) is 1. The third-order valence-corrected chi connectivity index (χ3v) is 3.80. The summed E-state index contributed by atoms with van der Waals surface area (Å²) in [6.07, 6.45) is 1.47. The Balaban J connectivity index is 0.00000133. The molecule has 0 spiro atoms. The summed E-state index contributed by atoms with van der Waals surface area (Å²) >= 11 is 0. The molecule has 2 aliphatic rings. The van der Waals surface area contributed by atoms with Crippen molar-refractivity contribution >= 4 is 18.3 Å². The van der Waals surface area contributed by atoms with Crippen LogP contribution >= 0.6 is 12.4 Å². The maximum Gasteiger partial charge on any atom is 0.252 e. The fourth-order valence-electron chi connectivity index (χ4n) is 2.75. The molecule has 1 saturated heterocycles. The van der Waals surface area contributed by atoms with E-state index >= 15 is 0 Å². The fraction of sp³-hybridized carbons (Fsp3) is 0.500. The molecule has 19 heavy (non-hydrogen) atoms. The van der Waals surface area contributed by atoms with Gasteiger partial charge in [0.15, 0.2) is 0 Å². The first-order chi connectivity index (χ1) is 8.78. The summed E-state index contributed by atoms with van der Waals surface area (Å²) in [4.78, 5) is 14.2. The number of nitrogens with two attached hydrogens (primary N) is 1. The molecule has 1 amide bonds. The van der Waals surface area contributed by atoms with Gasteiger partial charge in [0.1, 0.15) is 6.10 Å². The number of ether oxygens (including phenoxy) is 1. The first kappa shape index (κ1) is 14.3. The molecule has 4 nitrogen and oxygen atoms in total. The van der Waals surface area contributed by atoms with Crippen LogP contribution in [0, 0.1) is 0 Å². The van der Waals surface area contributed by atoms with Crippen molar-refractivity contribution in [2.45, 2.75) is 38.1 Å². The number of halogens is 1. The summed E-state index contributed by atoms with van der Waals surface area (Å²) in [5.41, 5.74) is 8.07. The van der Waals surface area contributed by atoms with Crippen LogP contribution < -0.4 is 5.73 Å². The lowest BCUT2D eigenvalue weighted by Crippen LogP contribution is -2.36. The van der Waals surface area contributed by atoms with E-state index in [4.69, 9.17) is 10.5 Å². The van der Waals surface area contributed by atoms with Crippen molar-refractivity contribution in [3.05, 3.63) is 35.4 Å². The molecule has 2 aliphatic heterocycles. The topological polar surface area (TPSA) is 55.6 Å². The molecule has 104 valence electrons. The lowest BCUT2D eigenvalue weighted by Gasteiger charge is -2.20. The Morgan fingerprint density at radius 2 is 1.89 bits per heavy atom. The second-order valence-corrected chi connectivity index (χ2v) is 5.02. The number of hydrogen-bond donors (Lipinski definition) is 1. The third kappa shape index (κ3) is 2.76. The lowest BCUT2D eigenvalue weighted by molar-refractivity contribution is -0.143. The molecule has 5 heteroatoms. The van der Waals surface area contributed by atoms with Crippen LogP contribution in [0.5, 0.6) is 0 Å². The normalized spacial score (nSPS) is 25.0. The molecule has 0 bridgehead atoms. The van der Waals surface area contributed by atoms with Gasteiger partial charge < -0.3 is 15.4 Å². The summed E-state index contributed by atoms with van der Waals surface area (Å²) in [6, 6.07) is 8.20. The molecule has 0 aromatic heterocycles. The molecule has 0 radical (unpaired) electrons. The maximum absolute atomic E-state index is 12.3. The van der Waals surface area contributed by atoms with E-state index in [0.29, 0.717) is 19.6 Å². The van der Waals surface area contributed by atoms with Gasteiger partial charge in [-0.1, -0.05) is 24.3 Å². The van der Waals surface area contributed by atoms with Gasteiger partial charge in [0.05, 0.1) is 6.10 Å².